The van der Waals surface area contributed by atoms with Gasteiger partial charge in [-0.3, -0.25) is 9.48 Å². The Balaban J connectivity index is 1.15. The Morgan fingerprint density at radius 1 is 1.00 bits per heavy atom. The number of hydrogen-bond acceptors (Lipinski definition) is 5. The van der Waals surface area contributed by atoms with Crippen LogP contribution in [0.25, 0.3) is 22.0 Å². The van der Waals surface area contributed by atoms with Crippen molar-refractivity contribution in [2.45, 2.75) is 56.8 Å². The number of carbonyl (C=O) groups is 1. The predicted octanol–water partition coefficient (Wildman–Crippen LogP) is 7.96. The van der Waals surface area contributed by atoms with E-state index in [9.17, 15) is 18.0 Å². The normalized spacial score (nSPS) is 15.8. The molecule has 7 rings (SSSR count). The van der Waals surface area contributed by atoms with Gasteiger partial charge in [-0.2, -0.15) is 18.3 Å². The minimum Gasteiger partial charge on any atom is -0.346 e. The second-order valence-corrected chi connectivity index (χ2v) is 11.4. The summed E-state index contributed by atoms with van der Waals surface area (Å²) in [6.45, 7) is 1.68. The van der Waals surface area contributed by atoms with E-state index in [4.69, 9.17) is 4.98 Å². The molecule has 0 bridgehead atoms. The van der Waals surface area contributed by atoms with E-state index in [0.29, 0.717) is 29.0 Å². The molecule has 2 aliphatic rings. The van der Waals surface area contributed by atoms with Crippen LogP contribution in [0.1, 0.15) is 77.7 Å². The Labute approximate surface area is 246 Å². The lowest BCUT2D eigenvalue weighted by atomic mass is 9.93. The molecule has 1 amide bonds. The summed E-state index contributed by atoms with van der Waals surface area (Å²) >= 11 is 0. The van der Waals surface area contributed by atoms with Gasteiger partial charge in [0.25, 0.3) is 5.91 Å². The van der Waals surface area contributed by atoms with Gasteiger partial charge in [0.2, 0.25) is 5.95 Å². The lowest BCUT2D eigenvalue weighted by Gasteiger charge is -2.17. The molecular weight excluding hydrogens is 553 g/mol. The predicted molar refractivity (Wildman–Crippen MR) is 158 cm³/mol. The highest BCUT2D eigenvalue weighted by atomic mass is 19.4. The van der Waals surface area contributed by atoms with Crippen LogP contribution >= 0.6 is 0 Å². The third-order valence-electron chi connectivity index (χ3n) is 8.07. The summed E-state index contributed by atoms with van der Waals surface area (Å²) in [6.07, 6.45) is 5.54. The molecule has 0 radical (unpaired) electrons. The smallest absolute Gasteiger partial charge is 0.346 e. The lowest BCUT2D eigenvalue weighted by molar-refractivity contribution is -0.137. The van der Waals surface area contributed by atoms with Crippen LogP contribution in [0.3, 0.4) is 0 Å². The largest absolute Gasteiger partial charge is 0.416 e. The molecule has 2 saturated carbocycles. The number of rotatable bonds is 8. The number of anilines is 2. The molecule has 7 nitrogen and oxygen atoms in total. The van der Waals surface area contributed by atoms with E-state index in [0.717, 1.165) is 65.5 Å². The Bertz CT molecular complexity index is 1840. The molecule has 10 heteroatoms. The molecule has 3 aromatic carbocycles. The van der Waals surface area contributed by atoms with Crippen molar-refractivity contribution in [2.75, 3.05) is 5.32 Å². The van der Waals surface area contributed by atoms with Crippen LogP contribution in [0.15, 0.2) is 79.3 Å². The molecule has 218 valence electrons. The van der Waals surface area contributed by atoms with Crippen molar-refractivity contribution in [2.24, 2.45) is 0 Å². The minimum absolute atomic E-state index is 0.352. The van der Waals surface area contributed by atoms with E-state index < -0.39 is 17.8 Å². The maximum atomic E-state index is 13.3. The number of aromatic nitrogens is 4. The Morgan fingerprint density at radius 2 is 1.84 bits per heavy atom. The highest BCUT2D eigenvalue weighted by Gasteiger charge is 2.31. The van der Waals surface area contributed by atoms with Crippen molar-refractivity contribution in [3.63, 3.8) is 0 Å². The van der Waals surface area contributed by atoms with Crippen molar-refractivity contribution in [1.82, 2.24) is 25.1 Å². The summed E-state index contributed by atoms with van der Waals surface area (Å²) in [7, 11) is 0. The highest BCUT2D eigenvalue weighted by Crippen LogP contribution is 2.45. The first-order chi connectivity index (χ1) is 20.7. The monoisotopic (exact) mass is 582 g/mol. The molecule has 2 aliphatic carbocycles. The van der Waals surface area contributed by atoms with Gasteiger partial charge >= 0.3 is 6.18 Å². The number of nitrogens with zero attached hydrogens (tertiary/aromatic N) is 4. The van der Waals surface area contributed by atoms with E-state index >= 15 is 0 Å². The first kappa shape index (κ1) is 27.1. The summed E-state index contributed by atoms with van der Waals surface area (Å²) in [5.41, 5.74) is 4.72. The van der Waals surface area contributed by atoms with Gasteiger partial charge in [-0.1, -0.05) is 30.3 Å². The molecule has 2 fully saturated rings. The van der Waals surface area contributed by atoms with Crippen molar-refractivity contribution in [1.29, 1.82) is 0 Å². The number of benzene rings is 3. The standard InChI is InChI=1S/C33H29F3N6O/c1-19(21-3-2-4-25(13-21)33(34,35)36)39-31(43)23-9-12-28(20-5-6-20)29(14-23)22-7-8-24-16-37-32(41-30(24)15-22)40-26-17-38-42(18-26)27-10-11-27/h2-4,7-9,12-20,27H,5-6,10-11H2,1H3,(H,39,43)(H,37,40,41). The van der Waals surface area contributed by atoms with Crippen molar-refractivity contribution in [3.05, 3.63) is 102 Å². The van der Waals surface area contributed by atoms with Gasteiger partial charge in [-0.15, -0.1) is 0 Å². The van der Waals surface area contributed by atoms with Gasteiger partial charge in [0.15, 0.2) is 0 Å². The summed E-state index contributed by atoms with van der Waals surface area (Å²) in [5.74, 6) is 0.548. The third kappa shape index (κ3) is 5.82. The molecule has 0 aliphatic heterocycles. The number of carbonyl (C=O) groups excluding carboxylic acids is 1. The van der Waals surface area contributed by atoms with Crippen LogP contribution in [-0.4, -0.2) is 25.7 Å². The zero-order valence-corrected chi connectivity index (χ0v) is 23.4. The number of amides is 1. The van der Waals surface area contributed by atoms with E-state index in [-0.39, 0.29) is 5.91 Å². The molecule has 2 heterocycles. The molecule has 2 aromatic heterocycles. The number of hydrogen-bond donors (Lipinski definition) is 2. The molecular formula is C33H29F3N6O. The molecule has 43 heavy (non-hydrogen) atoms. The second kappa shape index (κ2) is 10.5. The maximum Gasteiger partial charge on any atom is 0.416 e. The molecule has 1 atom stereocenters. The Hall–Kier alpha value is -4.73. The summed E-state index contributed by atoms with van der Waals surface area (Å²) < 4.78 is 41.6. The zero-order chi connectivity index (χ0) is 29.7. The fourth-order valence-electron chi connectivity index (χ4n) is 5.37. The quantitative estimate of drug-likeness (QED) is 0.194. The topological polar surface area (TPSA) is 84.7 Å². The zero-order valence-electron chi connectivity index (χ0n) is 23.4. The first-order valence-electron chi connectivity index (χ1n) is 14.4. The van der Waals surface area contributed by atoms with Crippen LogP contribution in [0.4, 0.5) is 24.8 Å². The van der Waals surface area contributed by atoms with Gasteiger partial charge in [0.1, 0.15) is 0 Å². The van der Waals surface area contributed by atoms with Gasteiger partial charge in [-0.05, 0) is 91.1 Å². The number of fused-ring (bicyclic) bond motifs is 1. The van der Waals surface area contributed by atoms with Crippen LogP contribution < -0.4 is 10.6 Å². The summed E-state index contributed by atoms with van der Waals surface area (Å²) in [6, 6.07) is 16.5. The van der Waals surface area contributed by atoms with Crippen LogP contribution in [-0.2, 0) is 6.18 Å². The third-order valence-corrected chi connectivity index (χ3v) is 8.07. The van der Waals surface area contributed by atoms with Crippen LogP contribution in [0, 0.1) is 0 Å². The summed E-state index contributed by atoms with van der Waals surface area (Å²) in [4.78, 5) is 22.5. The lowest BCUT2D eigenvalue weighted by Crippen LogP contribution is -2.27. The van der Waals surface area contributed by atoms with Crippen LogP contribution in [0.5, 0.6) is 0 Å². The Kier molecular flexibility index (Phi) is 6.64. The molecule has 2 N–H and O–H groups in total. The van der Waals surface area contributed by atoms with Gasteiger partial charge in [-0.25, -0.2) is 9.97 Å². The fraction of sp³-hybridized carbons (Fsp3) is 0.273. The van der Waals surface area contributed by atoms with E-state index in [1.54, 1.807) is 31.5 Å². The van der Waals surface area contributed by atoms with Crippen molar-refractivity contribution < 1.29 is 18.0 Å². The second-order valence-electron chi connectivity index (χ2n) is 11.4. The Morgan fingerprint density at radius 3 is 2.60 bits per heavy atom. The fourth-order valence-corrected chi connectivity index (χ4v) is 5.37. The average molecular weight is 583 g/mol. The van der Waals surface area contributed by atoms with Crippen molar-refractivity contribution >= 4 is 28.4 Å². The van der Waals surface area contributed by atoms with Gasteiger partial charge in [0, 0.05) is 23.3 Å². The SMILES string of the molecule is CC(NC(=O)c1ccc(C2CC2)c(-c2ccc3cnc(Nc4cnn(C5CC5)c4)nc3c2)c1)c1cccc(C(F)(F)F)c1. The average Bonchev–Trinajstić information content (AvgIpc) is 3.95. The number of alkyl halides is 3. The van der Waals surface area contributed by atoms with Gasteiger partial charge < -0.3 is 10.6 Å². The number of halogens is 3. The van der Waals surface area contributed by atoms with Crippen molar-refractivity contribution in [3.8, 4) is 11.1 Å². The molecule has 0 saturated heterocycles. The minimum atomic E-state index is -4.45. The van der Waals surface area contributed by atoms with Gasteiger partial charge in [0.05, 0.1) is 35.0 Å². The maximum absolute atomic E-state index is 13.3. The molecule has 0 spiro atoms. The molecule has 1 unspecified atom stereocenters. The number of nitrogens with one attached hydrogen (secondary N) is 2. The van der Waals surface area contributed by atoms with E-state index in [2.05, 4.69) is 20.7 Å². The first-order valence-corrected chi connectivity index (χ1v) is 14.4. The van der Waals surface area contributed by atoms with E-state index in [1.165, 1.54) is 11.6 Å². The summed E-state index contributed by atoms with van der Waals surface area (Å²) in [5, 5.41) is 11.4. The van der Waals surface area contributed by atoms with E-state index in [1.807, 2.05) is 41.2 Å². The van der Waals surface area contributed by atoms with Crippen LogP contribution in [0.2, 0.25) is 0 Å². The molecule has 5 aromatic rings. The highest BCUT2D eigenvalue weighted by molar-refractivity contribution is 5.96.